The second kappa shape index (κ2) is 7.20. The predicted molar refractivity (Wildman–Crippen MR) is 87.8 cm³/mol. The molecule has 0 bridgehead atoms. The molecule has 130 valence electrons. The van der Waals surface area contributed by atoms with Crippen molar-refractivity contribution in [3.8, 4) is 0 Å². The lowest BCUT2D eigenvalue weighted by molar-refractivity contribution is -0.385. The molecule has 1 aliphatic heterocycles. The minimum Gasteiger partial charge on any atom is -0.339 e. The molecule has 0 N–H and O–H groups in total. The minimum absolute atomic E-state index is 0.165. The molecule has 0 spiro atoms. The first-order chi connectivity index (χ1) is 12.0. The van der Waals surface area contributed by atoms with E-state index < -0.39 is 10.7 Å². The molecule has 1 aliphatic rings. The van der Waals surface area contributed by atoms with Crippen molar-refractivity contribution >= 4 is 17.5 Å². The molecule has 0 saturated carbocycles. The van der Waals surface area contributed by atoms with Gasteiger partial charge in [0, 0.05) is 31.7 Å². The van der Waals surface area contributed by atoms with Gasteiger partial charge in [-0.2, -0.15) is 0 Å². The van der Waals surface area contributed by atoms with Crippen LogP contribution in [-0.4, -0.2) is 51.9 Å². The van der Waals surface area contributed by atoms with Crippen LogP contribution in [0.3, 0.4) is 0 Å². The van der Waals surface area contributed by atoms with Gasteiger partial charge in [0.2, 0.25) is 5.95 Å². The Bertz CT molecular complexity index is 784. The average molecular weight is 345 g/mol. The van der Waals surface area contributed by atoms with Crippen LogP contribution in [0.2, 0.25) is 0 Å². The van der Waals surface area contributed by atoms with Gasteiger partial charge in [0.25, 0.3) is 5.91 Å². The van der Waals surface area contributed by atoms with Gasteiger partial charge in [0.1, 0.15) is 18.2 Å². The topological polar surface area (TPSA) is 92.5 Å². The molecule has 1 fully saturated rings. The summed E-state index contributed by atoms with van der Waals surface area (Å²) in [6, 6.07) is 5.63. The number of halogens is 1. The first kappa shape index (κ1) is 16.7. The summed E-state index contributed by atoms with van der Waals surface area (Å²) in [5, 5.41) is 10.7. The first-order valence-electron chi connectivity index (χ1n) is 7.81. The van der Waals surface area contributed by atoms with Crippen LogP contribution in [0.5, 0.6) is 0 Å². The summed E-state index contributed by atoms with van der Waals surface area (Å²) in [5.74, 6) is -0.266. The Labute approximate surface area is 143 Å². The number of hydrogen-bond acceptors (Lipinski definition) is 6. The Morgan fingerprint density at radius 2 is 1.92 bits per heavy atom. The fourth-order valence-corrected chi connectivity index (χ4v) is 2.70. The maximum Gasteiger partial charge on any atom is 0.305 e. The van der Waals surface area contributed by atoms with Crippen LogP contribution in [0.1, 0.15) is 16.8 Å². The maximum absolute atomic E-state index is 13.3. The second-order valence-corrected chi connectivity index (χ2v) is 5.64. The van der Waals surface area contributed by atoms with Crippen molar-refractivity contribution in [2.45, 2.75) is 6.42 Å². The SMILES string of the molecule is O=C(c1cccc(F)c1)N1CCCN(c2ncc([N+](=O)[O-])cn2)CC1. The van der Waals surface area contributed by atoms with Gasteiger partial charge < -0.3 is 9.80 Å². The molecular formula is C16H16FN5O3. The van der Waals surface area contributed by atoms with Crippen molar-refractivity contribution in [2.24, 2.45) is 0 Å². The van der Waals surface area contributed by atoms with E-state index in [0.29, 0.717) is 44.1 Å². The van der Waals surface area contributed by atoms with Crippen LogP contribution in [0, 0.1) is 15.9 Å². The van der Waals surface area contributed by atoms with Crippen molar-refractivity contribution in [1.29, 1.82) is 0 Å². The van der Waals surface area contributed by atoms with E-state index in [1.54, 1.807) is 11.0 Å². The van der Waals surface area contributed by atoms with Gasteiger partial charge in [-0.25, -0.2) is 14.4 Å². The normalized spacial score (nSPS) is 14.9. The Morgan fingerprint density at radius 1 is 1.16 bits per heavy atom. The highest BCUT2D eigenvalue weighted by Crippen LogP contribution is 2.16. The fourth-order valence-electron chi connectivity index (χ4n) is 2.70. The summed E-state index contributed by atoms with van der Waals surface area (Å²) in [5.41, 5.74) is 0.154. The standard InChI is InChI=1S/C16H16FN5O3/c17-13-4-1-3-12(9-13)15(23)20-5-2-6-21(8-7-20)16-18-10-14(11-19-16)22(24)25/h1,3-4,9-11H,2,5-8H2. The van der Waals surface area contributed by atoms with Gasteiger partial charge in [-0.05, 0) is 24.6 Å². The number of carbonyl (C=O) groups excluding carboxylic acids is 1. The molecule has 3 rings (SSSR count). The number of anilines is 1. The largest absolute Gasteiger partial charge is 0.339 e. The summed E-state index contributed by atoms with van der Waals surface area (Å²) >= 11 is 0. The molecule has 1 aromatic carbocycles. The van der Waals surface area contributed by atoms with Gasteiger partial charge >= 0.3 is 5.69 Å². The van der Waals surface area contributed by atoms with Crippen LogP contribution < -0.4 is 4.90 Å². The fraction of sp³-hybridized carbons (Fsp3) is 0.312. The molecule has 0 atom stereocenters. The van der Waals surface area contributed by atoms with E-state index >= 15 is 0 Å². The summed E-state index contributed by atoms with van der Waals surface area (Å²) in [6.07, 6.45) is 3.03. The molecule has 2 aromatic rings. The number of aromatic nitrogens is 2. The first-order valence-corrected chi connectivity index (χ1v) is 7.81. The van der Waals surface area contributed by atoms with E-state index in [2.05, 4.69) is 9.97 Å². The highest BCUT2D eigenvalue weighted by Gasteiger charge is 2.22. The van der Waals surface area contributed by atoms with E-state index in [9.17, 15) is 19.3 Å². The lowest BCUT2D eigenvalue weighted by Crippen LogP contribution is -2.35. The van der Waals surface area contributed by atoms with E-state index in [-0.39, 0.29) is 11.6 Å². The van der Waals surface area contributed by atoms with Crippen LogP contribution in [0.15, 0.2) is 36.7 Å². The highest BCUT2D eigenvalue weighted by molar-refractivity contribution is 5.94. The molecule has 0 unspecified atom stereocenters. The van der Waals surface area contributed by atoms with Gasteiger partial charge in [-0.15, -0.1) is 0 Å². The van der Waals surface area contributed by atoms with Crippen molar-refractivity contribution in [3.63, 3.8) is 0 Å². The Morgan fingerprint density at radius 3 is 2.60 bits per heavy atom. The monoisotopic (exact) mass is 345 g/mol. The molecule has 2 heterocycles. The zero-order valence-corrected chi connectivity index (χ0v) is 13.3. The summed E-state index contributed by atoms with van der Waals surface area (Å²) in [4.78, 5) is 34.2. The Kier molecular flexibility index (Phi) is 4.82. The Hall–Kier alpha value is -3.10. The number of rotatable bonds is 3. The number of nitro groups is 1. The van der Waals surface area contributed by atoms with E-state index in [1.165, 1.54) is 30.6 Å². The molecular weight excluding hydrogens is 329 g/mol. The van der Waals surface area contributed by atoms with Crippen molar-refractivity contribution < 1.29 is 14.1 Å². The zero-order chi connectivity index (χ0) is 17.8. The van der Waals surface area contributed by atoms with Crippen LogP contribution >= 0.6 is 0 Å². The predicted octanol–water partition coefficient (Wildman–Crippen LogP) is 1.88. The van der Waals surface area contributed by atoms with Gasteiger partial charge in [-0.3, -0.25) is 14.9 Å². The minimum atomic E-state index is -0.550. The van der Waals surface area contributed by atoms with Gasteiger partial charge in [0.15, 0.2) is 0 Å². The second-order valence-electron chi connectivity index (χ2n) is 5.64. The number of amides is 1. The number of carbonyl (C=O) groups is 1. The molecule has 1 aromatic heterocycles. The van der Waals surface area contributed by atoms with Crippen molar-refractivity contribution in [3.05, 3.63) is 58.2 Å². The molecule has 8 nitrogen and oxygen atoms in total. The molecule has 9 heteroatoms. The Balaban J connectivity index is 1.67. The van der Waals surface area contributed by atoms with Crippen molar-refractivity contribution in [1.82, 2.24) is 14.9 Å². The molecule has 0 radical (unpaired) electrons. The van der Waals surface area contributed by atoms with Crippen molar-refractivity contribution in [2.75, 3.05) is 31.1 Å². The van der Waals surface area contributed by atoms with E-state index in [4.69, 9.17) is 0 Å². The lowest BCUT2D eigenvalue weighted by Gasteiger charge is -2.22. The lowest BCUT2D eigenvalue weighted by atomic mass is 10.2. The third kappa shape index (κ3) is 3.87. The molecule has 0 aliphatic carbocycles. The summed E-state index contributed by atoms with van der Waals surface area (Å²) in [7, 11) is 0. The van der Waals surface area contributed by atoms with E-state index in [1.807, 2.05) is 4.90 Å². The van der Waals surface area contributed by atoms with Crippen LogP contribution in [0.4, 0.5) is 16.0 Å². The number of hydrogen-bond donors (Lipinski definition) is 0. The maximum atomic E-state index is 13.3. The van der Waals surface area contributed by atoms with E-state index in [0.717, 1.165) is 0 Å². The molecule has 1 saturated heterocycles. The van der Waals surface area contributed by atoms with Crippen LogP contribution in [0.25, 0.3) is 0 Å². The molecule has 1 amide bonds. The third-order valence-corrected chi connectivity index (χ3v) is 3.97. The summed E-state index contributed by atoms with van der Waals surface area (Å²) < 4.78 is 13.3. The van der Waals surface area contributed by atoms with Crippen LogP contribution in [-0.2, 0) is 0 Å². The number of nitrogens with zero attached hydrogens (tertiary/aromatic N) is 5. The van der Waals surface area contributed by atoms with Gasteiger partial charge in [0.05, 0.1) is 4.92 Å². The highest BCUT2D eigenvalue weighted by atomic mass is 19.1. The quantitative estimate of drug-likeness (QED) is 0.623. The van der Waals surface area contributed by atoms with Gasteiger partial charge in [-0.1, -0.05) is 6.07 Å². The smallest absolute Gasteiger partial charge is 0.305 e. The summed E-state index contributed by atoms with van der Waals surface area (Å²) in [6.45, 7) is 2.11. The molecule has 25 heavy (non-hydrogen) atoms. The third-order valence-electron chi connectivity index (χ3n) is 3.97. The number of benzene rings is 1. The average Bonchev–Trinajstić information content (AvgIpc) is 2.87. The zero-order valence-electron chi connectivity index (χ0n) is 13.3.